The summed E-state index contributed by atoms with van der Waals surface area (Å²) in [5.74, 6) is 0. The largest absolute Gasteiger partial charge is 0.380 e. The molecule has 0 unspecified atom stereocenters. The van der Waals surface area contributed by atoms with E-state index in [9.17, 15) is 0 Å². The normalized spacial score (nSPS) is 11.5. The van der Waals surface area contributed by atoms with Gasteiger partial charge in [-0.15, -0.1) is 11.3 Å². The lowest BCUT2D eigenvalue weighted by molar-refractivity contribution is 0.120. The zero-order chi connectivity index (χ0) is 12.1. The number of hydrogen-bond acceptors (Lipinski definition) is 3. The molecule has 2 nitrogen and oxygen atoms in total. The lowest BCUT2D eigenvalue weighted by atomic mass is 10.1. The van der Waals surface area contributed by atoms with Gasteiger partial charge in [0.1, 0.15) is 0 Å². The molecule has 1 aromatic carbocycles. The number of hydrogen-bond donors (Lipinski definition) is 0. The van der Waals surface area contributed by atoms with E-state index in [4.69, 9.17) is 4.74 Å². The van der Waals surface area contributed by atoms with E-state index in [0.717, 1.165) is 26.2 Å². The van der Waals surface area contributed by atoms with Crippen LogP contribution in [-0.4, -0.2) is 38.8 Å². The van der Waals surface area contributed by atoms with E-state index in [-0.39, 0.29) is 0 Å². The molecule has 2 rings (SSSR count). The van der Waals surface area contributed by atoms with Crippen LogP contribution in [0.25, 0.3) is 10.1 Å². The SMILES string of the molecule is CN(C)CCOCCc1ccc2sccc2c1. The molecule has 0 fully saturated rings. The summed E-state index contributed by atoms with van der Waals surface area (Å²) < 4.78 is 6.97. The summed E-state index contributed by atoms with van der Waals surface area (Å²) in [6.07, 6.45) is 0.999. The van der Waals surface area contributed by atoms with Gasteiger partial charge >= 0.3 is 0 Å². The summed E-state index contributed by atoms with van der Waals surface area (Å²) in [6.45, 7) is 2.61. The number of rotatable bonds is 6. The lowest BCUT2D eigenvalue weighted by Crippen LogP contribution is -2.18. The second-order valence-electron chi connectivity index (χ2n) is 4.46. The molecule has 92 valence electrons. The number of fused-ring (bicyclic) bond motifs is 1. The van der Waals surface area contributed by atoms with Crippen molar-refractivity contribution >= 4 is 21.4 Å². The maximum absolute atomic E-state index is 5.60. The standard InChI is InChI=1S/C14H19NOS/c1-15(2)7-9-16-8-5-12-3-4-14-13(11-12)6-10-17-14/h3-4,6,10-11H,5,7-9H2,1-2H3. The number of ether oxygens (including phenoxy) is 1. The fraction of sp³-hybridized carbons (Fsp3) is 0.429. The van der Waals surface area contributed by atoms with Crippen LogP contribution in [0.1, 0.15) is 5.56 Å². The molecular weight excluding hydrogens is 230 g/mol. The van der Waals surface area contributed by atoms with Crippen molar-refractivity contribution in [1.82, 2.24) is 4.90 Å². The van der Waals surface area contributed by atoms with Gasteiger partial charge in [0.05, 0.1) is 13.2 Å². The Kier molecular flexibility index (Phi) is 4.54. The number of thiophene rings is 1. The Balaban J connectivity index is 1.78. The highest BCUT2D eigenvalue weighted by Crippen LogP contribution is 2.21. The molecule has 3 heteroatoms. The Bertz CT molecular complexity index is 464. The van der Waals surface area contributed by atoms with Crippen LogP contribution in [-0.2, 0) is 11.2 Å². The molecule has 0 atom stereocenters. The third-order valence-corrected chi connectivity index (χ3v) is 3.63. The minimum atomic E-state index is 0.809. The van der Waals surface area contributed by atoms with Gasteiger partial charge in [-0.25, -0.2) is 0 Å². The molecule has 2 aromatic rings. The second-order valence-corrected chi connectivity index (χ2v) is 5.41. The van der Waals surface area contributed by atoms with Crippen LogP contribution in [0.4, 0.5) is 0 Å². The summed E-state index contributed by atoms with van der Waals surface area (Å²) in [5, 5.41) is 3.49. The first-order valence-corrected chi connectivity index (χ1v) is 6.82. The van der Waals surface area contributed by atoms with Crippen molar-refractivity contribution in [3.8, 4) is 0 Å². The molecule has 0 N–H and O–H groups in total. The Hall–Kier alpha value is -0.900. The average molecular weight is 249 g/mol. The van der Waals surface area contributed by atoms with Gasteiger partial charge in [-0.3, -0.25) is 0 Å². The quantitative estimate of drug-likeness (QED) is 0.730. The maximum Gasteiger partial charge on any atom is 0.0593 e. The van der Waals surface area contributed by atoms with Gasteiger partial charge in [0, 0.05) is 11.2 Å². The number of benzene rings is 1. The first-order valence-electron chi connectivity index (χ1n) is 5.94. The molecule has 1 aromatic heterocycles. The van der Waals surface area contributed by atoms with E-state index in [0.29, 0.717) is 0 Å². The first kappa shape index (κ1) is 12.6. The molecule has 0 aliphatic heterocycles. The summed E-state index contributed by atoms with van der Waals surface area (Å²) in [4.78, 5) is 2.14. The molecule has 1 heterocycles. The van der Waals surface area contributed by atoms with E-state index in [1.165, 1.54) is 15.6 Å². The molecule has 17 heavy (non-hydrogen) atoms. The number of nitrogens with zero attached hydrogens (tertiary/aromatic N) is 1. The van der Waals surface area contributed by atoms with Gasteiger partial charge in [0.2, 0.25) is 0 Å². The average Bonchev–Trinajstić information content (AvgIpc) is 2.75. The highest BCUT2D eigenvalue weighted by atomic mass is 32.1. The minimum absolute atomic E-state index is 0.809. The van der Waals surface area contributed by atoms with Crippen molar-refractivity contribution in [3.05, 3.63) is 35.2 Å². The molecule has 0 radical (unpaired) electrons. The fourth-order valence-corrected chi connectivity index (χ4v) is 2.48. The summed E-state index contributed by atoms with van der Waals surface area (Å²) >= 11 is 1.79. The predicted octanol–water partition coefficient (Wildman–Crippen LogP) is 3.02. The van der Waals surface area contributed by atoms with E-state index in [1.54, 1.807) is 11.3 Å². The smallest absolute Gasteiger partial charge is 0.0593 e. The third-order valence-electron chi connectivity index (χ3n) is 2.73. The predicted molar refractivity (Wildman–Crippen MR) is 74.9 cm³/mol. The first-order chi connectivity index (χ1) is 8.25. The van der Waals surface area contributed by atoms with Crippen LogP contribution >= 0.6 is 11.3 Å². The van der Waals surface area contributed by atoms with Crippen LogP contribution < -0.4 is 0 Å². The van der Waals surface area contributed by atoms with Crippen LogP contribution in [0.2, 0.25) is 0 Å². The highest BCUT2D eigenvalue weighted by Gasteiger charge is 1.98. The third kappa shape index (κ3) is 3.80. The van der Waals surface area contributed by atoms with E-state index >= 15 is 0 Å². The van der Waals surface area contributed by atoms with Crippen molar-refractivity contribution in [2.75, 3.05) is 33.9 Å². The molecule has 0 bridgehead atoms. The Labute approximate surface area is 107 Å². The highest BCUT2D eigenvalue weighted by molar-refractivity contribution is 7.17. The maximum atomic E-state index is 5.60. The zero-order valence-electron chi connectivity index (χ0n) is 10.5. The lowest BCUT2D eigenvalue weighted by Gasteiger charge is -2.09. The summed E-state index contributed by atoms with van der Waals surface area (Å²) in [7, 11) is 4.13. The summed E-state index contributed by atoms with van der Waals surface area (Å²) in [5.41, 5.74) is 1.36. The van der Waals surface area contributed by atoms with Crippen molar-refractivity contribution in [2.45, 2.75) is 6.42 Å². The van der Waals surface area contributed by atoms with Crippen LogP contribution in [0.15, 0.2) is 29.6 Å². The minimum Gasteiger partial charge on any atom is -0.380 e. The van der Waals surface area contributed by atoms with Crippen LogP contribution in [0, 0.1) is 0 Å². The number of likely N-dealkylation sites (N-methyl/N-ethyl adjacent to an activating group) is 1. The molecule has 0 spiro atoms. The van der Waals surface area contributed by atoms with Crippen molar-refractivity contribution in [1.29, 1.82) is 0 Å². The van der Waals surface area contributed by atoms with Gasteiger partial charge in [-0.1, -0.05) is 12.1 Å². The Morgan fingerprint density at radius 2 is 2.06 bits per heavy atom. The van der Waals surface area contributed by atoms with E-state index in [2.05, 4.69) is 48.6 Å². The van der Waals surface area contributed by atoms with E-state index in [1.807, 2.05) is 0 Å². The van der Waals surface area contributed by atoms with Crippen molar-refractivity contribution in [2.24, 2.45) is 0 Å². The van der Waals surface area contributed by atoms with E-state index < -0.39 is 0 Å². The Morgan fingerprint density at radius 1 is 1.18 bits per heavy atom. The van der Waals surface area contributed by atoms with Gasteiger partial charge in [0.25, 0.3) is 0 Å². The van der Waals surface area contributed by atoms with Crippen LogP contribution in [0.5, 0.6) is 0 Å². The summed E-state index contributed by atoms with van der Waals surface area (Å²) in [6, 6.07) is 8.85. The molecular formula is C14H19NOS. The molecule has 0 aliphatic rings. The molecule has 0 amide bonds. The topological polar surface area (TPSA) is 12.5 Å². The zero-order valence-corrected chi connectivity index (χ0v) is 11.3. The van der Waals surface area contributed by atoms with Crippen molar-refractivity contribution in [3.63, 3.8) is 0 Å². The molecule has 0 saturated heterocycles. The van der Waals surface area contributed by atoms with Gasteiger partial charge in [-0.05, 0) is 49.0 Å². The molecule has 0 aliphatic carbocycles. The van der Waals surface area contributed by atoms with Gasteiger partial charge < -0.3 is 9.64 Å². The fourth-order valence-electron chi connectivity index (χ4n) is 1.71. The van der Waals surface area contributed by atoms with Gasteiger partial charge in [-0.2, -0.15) is 0 Å². The second kappa shape index (κ2) is 6.15. The van der Waals surface area contributed by atoms with Crippen molar-refractivity contribution < 1.29 is 4.74 Å². The molecule has 0 saturated carbocycles. The van der Waals surface area contributed by atoms with Crippen LogP contribution in [0.3, 0.4) is 0 Å². The van der Waals surface area contributed by atoms with Gasteiger partial charge in [0.15, 0.2) is 0 Å². The Morgan fingerprint density at radius 3 is 2.88 bits per heavy atom. The monoisotopic (exact) mass is 249 g/mol.